The summed E-state index contributed by atoms with van der Waals surface area (Å²) in [4.78, 5) is 8.76. The Balaban J connectivity index is 2.37. The Morgan fingerprint density at radius 2 is 1.72 bits per heavy atom. The van der Waals surface area contributed by atoms with Crippen LogP contribution < -0.4 is 0 Å². The third-order valence-electron chi connectivity index (χ3n) is 2.80. The summed E-state index contributed by atoms with van der Waals surface area (Å²) in [5.41, 5.74) is 2.07. The number of aliphatic hydroxyl groups is 1. The molecule has 0 saturated heterocycles. The summed E-state index contributed by atoms with van der Waals surface area (Å²) in [5, 5.41) is 10.2. The van der Waals surface area contributed by atoms with E-state index in [4.69, 9.17) is 0 Å². The fourth-order valence-electron chi connectivity index (χ4n) is 1.70. The van der Waals surface area contributed by atoms with Gasteiger partial charge in [0.25, 0.3) is 0 Å². The van der Waals surface area contributed by atoms with Crippen LogP contribution in [0.2, 0.25) is 0 Å². The van der Waals surface area contributed by atoms with E-state index >= 15 is 0 Å². The first kappa shape index (κ1) is 12.7. The number of aromatic nitrogens is 2. The van der Waals surface area contributed by atoms with Crippen LogP contribution in [0.1, 0.15) is 32.6 Å². The number of aliphatic hydroxyl groups excluding tert-OH is 1. The van der Waals surface area contributed by atoms with Gasteiger partial charge in [0.15, 0.2) is 0 Å². The van der Waals surface area contributed by atoms with Gasteiger partial charge in [0, 0.05) is 6.20 Å². The molecule has 2 rings (SSSR count). The molecule has 0 aliphatic carbocycles. The van der Waals surface area contributed by atoms with Gasteiger partial charge in [-0.15, -0.1) is 0 Å². The number of rotatable bonds is 2. The molecular weight excluding hydrogens is 224 g/mol. The molecule has 1 N–H and O–H groups in total. The summed E-state index contributed by atoms with van der Waals surface area (Å²) >= 11 is 0. The number of hydrogen-bond acceptors (Lipinski definition) is 3. The molecule has 0 amide bonds. The molecule has 0 fully saturated rings. The summed E-state index contributed by atoms with van der Waals surface area (Å²) in [6, 6.07) is 11.4. The number of nitrogens with zero attached hydrogens (tertiary/aromatic N) is 2. The van der Waals surface area contributed by atoms with Crippen LogP contribution in [0.3, 0.4) is 0 Å². The van der Waals surface area contributed by atoms with Crippen LogP contribution in [0.4, 0.5) is 0 Å². The van der Waals surface area contributed by atoms with E-state index < -0.39 is 6.10 Å². The average Bonchev–Trinajstić information content (AvgIpc) is 2.38. The second kappa shape index (κ2) is 4.86. The second-order valence-electron chi connectivity index (χ2n) is 5.43. The fraction of sp³-hybridized carbons (Fsp3) is 0.333. The maximum Gasteiger partial charge on any atom is 0.101 e. The van der Waals surface area contributed by atoms with Crippen LogP contribution in [-0.2, 0) is 0 Å². The molecule has 2 aromatic heterocycles. The van der Waals surface area contributed by atoms with Crippen molar-refractivity contribution in [2.45, 2.75) is 26.9 Å². The van der Waals surface area contributed by atoms with E-state index in [1.54, 1.807) is 6.20 Å². The second-order valence-corrected chi connectivity index (χ2v) is 5.43. The highest BCUT2D eigenvalue weighted by molar-refractivity contribution is 5.53. The highest BCUT2D eigenvalue weighted by atomic mass is 16.3. The molecule has 0 radical (unpaired) electrons. The summed E-state index contributed by atoms with van der Waals surface area (Å²) < 4.78 is 0. The predicted molar refractivity (Wildman–Crippen MR) is 71.9 cm³/mol. The van der Waals surface area contributed by atoms with Gasteiger partial charge >= 0.3 is 0 Å². The molecule has 2 heterocycles. The lowest BCUT2D eigenvalue weighted by atomic mass is 9.87. The minimum atomic E-state index is -0.582. The molecule has 3 heteroatoms. The normalized spacial score (nSPS) is 13.3. The van der Waals surface area contributed by atoms with Crippen LogP contribution in [0.25, 0.3) is 11.4 Å². The molecule has 18 heavy (non-hydrogen) atoms. The van der Waals surface area contributed by atoms with E-state index in [9.17, 15) is 5.11 Å². The first-order valence-corrected chi connectivity index (χ1v) is 6.05. The minimum absolute atomic E-state index is 0.226. The molecule has 0 bridgehead atoms. The smallest absolute Gasteiger partial charge is 0.101 e. The molecule has 0 saturated carbocycles. The van der Waals surface area contributed by atoms with Crippen molar-refractivity contribution >= 4 is 0 Å². The van der Waals surface area contributed by atoms with Gasteiger partial charge in [-0.05, 0) is 29.7 Å². The van der Waals surface area contributed by atoms with Crippen molar-refractivity contribution < 1.29 is 5.11 Å². The van der Waals surface area contributed by atoms with Gasteiger partial charge in [-0.25, -0.2) is 4.98 Å². The monoisotopic (exact) mass is 242 g/mol. The number of pyridine rings is 2. The Labute approximate surface area is 108 Å². The van der Waals surface area contributed by atoms with Gasteiger partial charge in [-0.1, -0.05) is 32.9 Å². The molecule has 2 aromatic rings. The van der Waals surface area contributed by atoms with Crippen LogP contribution >= 0.6 is 0 Å². The quantitative estimate of drug-likeness (QED) is 0.879. The highest BCUT2D eigenvalue weighted by Crippen LogP contribution is 2.32. The maximum absolute atomic E-state index is 10.2. The summed E-state index contributed by atoms with van der Waals surface area (Å²) in [6.45, 7) is 5.98. The Bertz CT molecular complexity index is 518. The molecule has 0 aliphatic rings. The van der Waals surface area contributed by atoms with E-state index in [0.717, 1.165) is 11.4 Å². The summed E-state index contributed by atoms with van der Waals surface area (Å²) in [6.07, 6.45) is 1.16. The van der Waals surface area contributed by atoms with Crippen LogP contribution in [0, 0.1) is 5.41 Å². The molecule has 0 aromatic carbocycles. The van der Waals surface area contributed by atoms with Crippen LogP contribution in [0.15, 0.2) is 42.6 Å². The lowest BCUT2D eigenvalue weighted by Gasteiger charge is -2.25. The standard InChI is InChI=1S/C15H18N2O/c1-15(2,3)14(18)13-9-6-8-12(17-13)11-7-4-5-10-16-11/h4-10,14,18H,1-3H3/t14-/m1/s1. The Hall–Kier alpha value is -1.74. The van der Waals surface area contributed by atoms with E-state index in [2.05, 4.69) is 9.97 Å². The minimum Gasteiger partial charge on any atom is -0.386 e. The highest BCUT2D eigenvalue weighted by Gasteiger charge is 2.25. The van der Waals surface area contributed by atoms with E-state index in [1.807, 2.05) is 57.2 Å². The van der Waals surface area contributed by atoms with Crippen molar-refractivity contribution in [3.63, 3.8) is 0 Å². The van der Waals surface area contributed by atoms with Crippen LogP contribution in [-0.4, -0.2) is 15.1 Å². The zero-order chi connectivity index (χ0) is 13.2. The van der Waals surface area contributed by atoms with Gasteiger partial charge < -0.3 is 5.11 Å². The topological polar surface area (TPSA) is 46.0 Å². The van der Waals surface area contributed by atoms with Gasteiger partial charge in [0.2, 0.25) is 0 Å². The molecule has 94 valence electrons. The predicted octanol–water partition coefficient (Wildman–Crippen LogP) is 3.22. The Kier molecular flexibility index (Phi) is 3.43. The van der Waals surface area contributed by atoms with Crippen molar-refractivity contribution in [1.82, 2.24) is 9.97 Å². The molecule has 0 unspecified atom stereocenters. The first-order chi connectivity index (χ1) is 8.48. The molecule has 1 atom stereocenters. The third kappa shape index (κ3) is 2.74. The lowest BCUT2D eigenvalue weighted by molar-refractivity contribution is 0.0590. The number of hydrogen-bond donors (Lipinski definition) is 1. The summed E-state index contributed by atoms with van der Waals surface area (Å²) in [7, 11) is 0. The van der Waals surface area contributed by atoms with Crippen molar-refractivity contribution in [3.05, 3.63) is 48.3 Å². The average molecular weight is 242 g/mol. The summed E-state index contributed by atoms with van der Waals surface area (Å²) in [5.74, 6) is 0. The first-order valence-electron chi connectivity index (χ1n) is 6.05. The van der Waals surface area contributed by atoms with E-state index in [0.29, 0.717) is 5.69 Å². The zero-order valence-electron chi connectivity index (χ0n) is 11.0. The third-order valence-corrected chi connectivity index (χ3v) is 2.80. The van der Waals surface area contributed by atoms with Crippen LogP contribution in [0.5, 0.6) is 0 Å². The molecule has 0 aliphatic heterocycles. The van der Waals surface area contributed by atoms with Crippen molar-refractivity contribution in [2.24, 2.45) is 5.41 Å². The van der Waals surface area contributed by atoms with E-state index in [-0.39, 0.29) is 5.41 Å². The molecular formula is C15H18N2O. The molecule has 3 nitrogen and oxygen atoms in total. The Morgan fingerprint density at radius 3 is 2.33 bits per heavy atom. The largest absolute Gasteiger partial charge is 0.386 e. The van der Waals surface area contributed by atoms with Crippen molar-refractivity contribution in [3.8, 4) is 11.4 Å². The maximum atomic E-state index is 10.2. The van der Waals surface area contributed by atoms with E-state index in [1.165, 1.54) is 0 Å². The Morgan fingerprint density at radius 1 is 1.00 bits per heavy atom. The fourth-order valence-corrected chi connectivity index (χ4v) is 1.70. The van der Waals surface area contributed by atoms with Crippen molar-refractivity contribution in [2.75, 3.05) is 0 Å². The SMILES string of the molecule is CC(C)(C)[C@H](O)c1cccc(-c2ccccn2)n1. The van der Waals surface area contributed by atoms with Gasteiger partial charge in [0.05, 0.1) is 17.1 Å². The van der Waals surface area contributed by atoms with Gasteiger partial charge in [-0.3, -0.25) is 4.98 Å². The lowest BCUT2D eigenvalue weighted by Crippen LogP contribution is -2.19. The molecule has 0 spiro atoms. The van der Waals surface area contributed by atoms with Gasteiger partial charge in [-0.2, -0.15) is 0 Å². The zero-order valence-corrected chi connectivity index (χ0v) is 11.0. The van der Waals surface area contributed by atoms with Crippen molar-refractivity contribution in [1.29, 1.82) is 0 Å². The van der Waals surface area contributed by atoms with Gasteiger partial charge in [0.1, 0.15) is 6.10 Å².